The van der Waals surface area contributed by atoms with Crippen molar-refractivity contribution < 1.29 is 4.79 Å². The van der Waals surface area contributed by atoms with E-state index in [9.17, 15) is 4.79 Å². The van der Waals surface area contributed by atoms with Crippen molar-refractivity contribution >= 4 is 18.3 Å². The van der Waals surface area contributed by atoms with Crippen LogP contribution in [0.25, 0.3) is 0 Å². The average Bonchev–Trinajstić information content (AvgIpc) is 2.57. The summed E-state index contributed by atoms with van der Waals surface area (Å²) < 4.78 is 0. The van der Waals surface area contributed by atoms with Gasteiger partial charge in [0.2, 0.25) is 5.91 Å². The summed E-state index contributed by atoms with van der Waals surface area (Å²) in [5, 5.41) is 6.89. The molecule has 1 atom stereocenters. The molecular formula is C18H32ClN3O. The summed E-state index contributed by atoms with van der Waals surface area (Å²) >= 11 is 0. The topological polar surface area (TPSA) is 44.4 Å². The molecule has 0 aromatic carbocycles. The van der Waals surface area contributed by atoms with E-state index in [0.717, 1.165) is 25.3 Å². The minimum atomic E-state index is 0. The van der Waals surface area contributed by atoms with E-state index in [0.29, 0.717) is 17.4 Å². The molecule has 1 unspecified atom stereocenters. The van der Waals surface area contributed by atoms with Crippen molar-refractivity contribution in [1.29, 1.82) is 0 Å². The van der Waals surface area contributed by atoms with Crippen LogP contribution in [0.4, 0.5) is 0 Å². The lowest BCUT2D eigenvalue weighted by Gasteiger charge is -2.46. The first-order chi connectivity index (χ1) is 10.7. The maximum atomic E-state index is 12.7. The van der Waals surface area contributed by atoms with E-state index in [1.54, 1.807) is 0 Å². The minimum absolute atomic E-state index is 0. The zero-order chi connectivity index (χ0) is 15.0. The highest BCUT2D eigenvalue weighted by atomic mass is 35.5. The lowest BCUT2D eigenvalue weighted by molar-refractivity contribution is -0.129. The number of carbonyl (C=O) groups excluding carboxylic acids is 1. The Labute approximate surface area is 146 Å². The monoisotopic (exact) mass is 341 g/mol. The van der Waals surface area contributed by atoms with Gasteiger partial charge in [-0.3, -0.25) is 4.79 Å². The molecule has 4 heterocycles. The Morgan fingerprint density at radius 2 is 1.65 bits per heavy atom. The molecule has 0 aromatic rings. The average molecular weight is 342 g/mol. The second-order valence-electron chi connectivity index (χ2n) is 8.28. The molecule has 4 saturated heterocycles. The smallest absolute Gasteiger partial charge is 0.223 e. The number of fused-ring (bicyclic) bond motifs is 3. The Morgan fingerprint density at radius 1 is 1.00 bits per heavy atom. The molecule has 1 amide bonds. The molecule has 1 saturated carbocycles. The van der Waals surface area contributed by atoms with Gasteiger partial charge in [-0.25, -0.2) is 0 Å². The Bertz CT molecular complexity index is 406. The molecule has 5 aliphatic rings. The summed E-state index contributed by atoms with van der Waals surface area (Å²) in [7, 11) is 0. The van der Waals surface area contributed by atoms with Crippen molar-refractivity contribution in [2.75, 3.05) is 32.7 Å². The van der Waals surface area contributed by atoms with Crippen LogP contribution in [0.3, 0.4) is 0 Å². The molecule has 5 heteroatoms. The zero-order valence-corrected chi connectivity index (χ0v) is 15.0. The number of nitrogens with one attached hydrogen (secondary N) is 2. The van der Waals surface area contributed by atoms with Crippen molar-refractivity contribution in [2.24, 2.45) is 17.3 Å². The standard InChI is InChI=1S/C18H31N3O.ClH/c22-17(20-16-13-21-11-3-14(16)4-12-21)15-1-5-18(6-2-15)7-9-19-10-8-18;/h14-16,19H,1-13H2,(H,20,22);1H. The third kappa shape index (κ3) is 3.69. The summed E-state index contributed by atoms with van der Waals surface area (Å²) in [6.07, 6.45) is 9.99. The minimum Gasteiger partial charge on any atom is -0.352 e. The number of amides is 1. The van der Waals surface area contributed by atoms with Gasteiger partial charge in [0, 0.05) is 18.5 Å². The van der Waals surface area contributed by atoms with E-state index in [-0.39, 0.29) is 18.3 Å². The van der Waals surface area contributed by atoms with E-state index in [4.69, 9.17) is 0 Å². The fourth-order valence-electron chi connectivity index (χ4n) is 5.38. The third-order valence-electron chi connectivity index (χ3n) is 7.07. The van der Waals surface area contributed by atoms with Gasteiger partial charge in [0.05, 0.1) is 0 Å². The van der Waals surface area contributed by atoms with Crippen molar-refractivity contribution in [1.82, 2.24) is 15.5 Å². The van der Waals surface area contributed by atoms with Gasteiger partial charge >= 0.3 is 0 Å². The van der Waals surface area contributed by atoms with Crippen LogP contribution < -0.4 is 10.6 Å². The fraction of sp³-hybridized carbons (Fsp3) is 0.944. The fourth-order valence-corrected chi connectivity index (χ4v) is 5.38. The lowest BCUT2D eigenvalue weighted by atomic mass is 9.65. The molecule has 2 N–H and O–H groups in total. The molecule has 2 bridgehead atoms. The second-order valence-corrected chi connectivity index (χ2v) is 8.28. The van der Waals surface area contributed by atoms with Crippen LogP contribution in [0.2, 0.25) is 0 Å². The van der Waals surface area contributed by atoms with Gasteiger partial charge in [0.1, 0.15) is 0 Å². The lowest BCUT2D eigenvalue weighted by Crippen LogP contribution is -2.58. The number of rotatable bonds is 2. The summed E-state index contributed by atoms with van der Waals surface area (Å²) in [5.41, 5.74) is 0.567. The number of hydrogen-bond donors (Lipinski definition) is 2. The normalized spacial score (nSPS) is 36.4. The highest BCUT2D eigenvalue weighted by Gasteiger charge is 2.40. The maximum Gasteiger partial charge on any atom is 0.223 e. The largest absolute Gasteiger partial charge is 0.352 e. The molecule has 1 spiro atoms. The van der Waals surface area contributed by atoms with Crippen molar-refractivity contribution in [3.63, 3.8) is 0 Å². The summed E-state index contributed by atoms with van der Waals surface area (Å²) in [5.74, 6) is 1.40. The Hall–Kier alpha value is -0.320. The number of piperidine rings is 4. The predicted octanol–water partition coefficient (Wildman–Crippen LogP) is 2.18. The van der Waals surface area contributed by atoms with Gasteiger partial charge in [0.15, 0.2) is 0 Å². The first-order valence-corrected chi connectivity index (χ1v) is 9.48. The Balaban J connectivity index is 0.00000156. The highest BCUT2D eigenvalue weighted by Crippen LogP contribution is 2.45. The molecule has 0 aromatic heterocycles. The molecule has 0 radical (unpaired) electrons. The zero-order valence-electron chi connectivity index (χ0n) is 14.2. The van der Waals surface area contributed by atoms with Gasteiger partial charge in [0.25, 0.3) is 0 Å². The van der Waals surface area contributed by atoms with E-state index >= 15 is 0 Å². The molecule has 23 heavy (non-hydrogen) atoms. The predicted molar refractivity (Wildman–Crippen MR) is 94.8 cm³/mol. The molecule has 1 aliphatic carbocycles. The molecular weight excluding hydrogens is 310 g/mol. The van der Waals surface area contributed by atoms with E-state index in [2.05, 4.69) is 15.5 Å². The van der Waals surface area contributed by atoms with Crippen molar-refractivity contribution in [2.45, 2.75) is 57.4 Å². The first kappa shape index (κ1) is 17.5. The van der Waals surface area contributed by atoms with Crippen LogP contribution in [0.15, 0.2) is 0 Å². The van der Waals surface area contributed by atoms with Gasteiger partial charge in [-0.2, -0.15) is 0 Å². The summed E-state index contributed by atoms with van der Waals surface area (Å²) in [6.45, 7) is 5.94. The number of carbonyl (C=O) groups is 1. The number of nitrogens with zero attached hydrogens (tertiary/aromatic N) is 1. The van der Waals surface area contributed by atoms with Gasteiger partial charge in [-0.05, 0) is 88.9 Å². The van der Waals surface area contributed by atoms with Gasteiger partial charge in [-0.1, -0.05) is 0 Å². The summed E-state index contributed by atoms with van der Waals surface area (Å²) in [4.78, 5) is 15.2. The van der Waals surface area contributed by atoms with Crippen LogP contribution in [0, 0.1) is 17.3 Å². The number of hydrogen-bond acceptors (Lipinski definition) is 3. The number of halogens is 1. The van der Waals surface area contributed by atoms with Gasteiger partial charge < -0.3 is 15.5 Å². The van der Waals surface area contributed by atoms with Crippen molar-refractivity contribution in [3.05, 3.63) is 0 Å². The van der Waals surface area contributed by atoms with Gasteiger partial charge in [-0.15, -0.1) is 12.4 Å². The van der Waals surface area contributed by atoms with E-state index in [1.165, 1.54) is 64.7 Å². The van der Waals surface area contributed by atoms with E-state index in [1.807, 2.05) is 0 Å². The first-order valence-electron chi connectivity index (χ1n) is 9.48. The third-order valence-corrected chi connectivity index (χ3v) is 7.07. The molecule has 5 fully saturated rings. The van der Waals surface area contributed by atoms with Crippen LogP contribution in [0.5, 0.6) is 0 Å². The second kappa shape index (κ2) is 7.28. The van der Waals surface area contributed by atoms with Crippen LogP contribution in [-0.4, -0.2) is 49.6 Å². The quantitative estimate of drug-likeness (QED) is 0.809. The Morgan fingerprint density at radius 3 is 2.22 bits per heavy atom. The maximum absolute atomic E-state index is 12.7. The molecule has 5 rings (SSSR count). The van der Waals surface area contributed by atoms with Crippen LogP contribution in [-0.2, 0) is 4.79 Å². The Kier molecular flexibility index (Phi) is 5.54. The molecule has 132 valence electrons. The molecule has 4 aliphatic heterocycles. The van der Waals surface area contributed by atoms with Crippen LogP contribution in [0.1, 0.15) is 51.4 Å². The summed E-state index contributed by atoms with van der Waals surface area (Å²) in [6, 6.07) is 0.435. The van der Waals surface area contributed by atoms with Crippen molar-refractivity contribution in [3.8, 4) is 0 Å². The SMILES string of the molecule is Cl.O=C(NC1CN2CCC1CC2)C1CCC2(CCNCC2)CC1. The van der Waals surface area contributed by atoms with E-state index < -0.39 is 0 Å². The highest BCUT2D eigenvalue weighted by molar-refractivity contribution is 5.85. The molecule has 4 nitrogen and oxygen atoms in total. The van der Waals surface area contributed by atoms with Crippen LogP contribution >= 0.6 is 12.4 Å².